The van der Waals surface area contributed by atoms with Gasteiger partial charge in [-0.1, -0.05) is 0 Å². The molecular weight excluding hydrogens is 355 g/mol. The number of aromatic carboxylic acids is 1. The summed E-state index contributed by atoms with van der Waals surface area (Å²) in [7, 11) is 0. The molecule has 0 aliphatic heterocycles. The Kier molecular flexibility index (Phi) is 3.45. The summed E-state index contributed by atoms with van der Waals surface area (Å²) in [6.07, 6.45) is 7.54. The molecule has 2 aliphatic carbocycles. The predicted molar refractivity (Wildman–Crippen MR) is 80.7 cm³/mol. The number of hydrogen-bond acceptors (Lipinski definition) is 2. The normalized spacial score (nSPS) is 21.3. The molecule has 0 aromatic heterocycles. The van der Waals surface area contributed by atoms with Crippen molar-refractivity contribution >= 4 is 28.6 Å². The summed E-state index contributed by atoms with van der Waals surface area (Å²) in [5.41, 5.74) is 0.910. The first-order chi connectivity index (χ1) is 9.08. The lowest BCUT2D eigenvalue weighted by molar-refractivity contribution is 0.0682. The molecule has 0 bridgehead atoms. The maximum atomic E-state index is 11.2. The van der Waals surface area contributed by atoms with E-state index in [0.29, 0.717) is 11.2 Å². The molecule has 1 N–H and O–H groups in total. The molecule has 1 aromatic rings. The second-order valence-electron chi connectivity index (χ2n) is 5.76. The van der Waals surface area contributed by atoms with Gasteiger partial charge in [-0.15, -0.1) is 0 Å². The molecule has 2 fully saturated rings. The molecule has 3 rings (SSSR count). The number of ether oxygens (including phenoxy) is 1. The number of hydrogen-bond donors (Lipinski definition) is 1. The number of carboxylic acid groups (broad SMARTS) is 1. The molecule has 0 heterocycles. The Morgan fingerprint density at radius 2 is 1.95 bits per heavy atom. The van der Waals surface area contributed by atoms with E-state index in [2.05, 4.69) is 22.6 Å². The van der Waals surface area contributed by atoms with Gasteiger partial charge in [-0.2, -0.15) is 0 Å². The smallest absolute Gasteiger partial charge is 0.339 e. The first-order valence-corrected chi connectivity index (χ1v) is 7.85. The number of benzene rings is 1. The molecule has 0 amide bonds. The molecule has 2 saturated carbocycles. The Hall–Kier alpha value is -0.780. The zero-order valence-corrected chi connectivity index (χ0v) is 12.9. The molecule has 0 atom stereocenters. The van der Waals surface area contributed by atoms with Crippen molar-refractivity contribution in [1.82, 2.24) is 0 Å². The van der Waals surface area contributed by atoms with E-state index < -0.39 is 5.97 Å². The summed E-state index contributed by atoms with van der Waals surface area (Å²) < 4.78 is 6.97. The average Bonchev–Trinajstić information content (AvgIpc) is 3.12. The van der Waals surface area contributed by atoms with Crippen molar-refractivity contribution in [2.45, 2.75) is 44.6 Å². The fraction of sp³-hybridized carbons (Fsp3) is 0.533. The molecule has 2 aliphatic rings. The van der Waals surface area contributed by atoms with E-state index in [1.807, 2.05) is 6.07 Å². The minimum absolute atomic E-state index is 0.183. The van der Waals surface area contributed by atoms with Crippen molar-refractivity contribution in [2.75, 3.05) is 0 Å². The maximum absolute atomic E-state index is 11.2. The van der Waals surface area contributed by atoms with Crippen LogP contribution in [-0.4, -0.2) is 17.2 Å². The highest BCUT2D eigenvalue weighted by molar-refractivity contribution is 14.1. The van der Waals surface area contributed by atoms with Gasteiger partial charge >= 0.3 is 5.97 Å². The largest absolute Gasteiger partial charge is 0.489 e. The van der Waals surface area contributed by atoms with Crippen LogP contribution in [-0.2, 0) is 0 Å². The van der Waals surface area contributed by atoms with Crippen LogP contribution in [0.15, 0.2) is 18.2 Å². The maximum Gasteiger partial charge on any atom is 0.339 e. The molecule has 0 radical (unpaired) electrons. The van der Waals surface area contributed by atoms with Gasteiger partial charge in [0, 0.05) is 3.57 Å². The van der Waals surface area contributed by atoms with Crippen LogP contribution in [0.4, 0.5) is 0 Å². The van der Waals surface area contributed by atoms with Crippen molar-refractivity contribution in [3.8, 4) is 5.75 Å². The van der Waals surface area contributed by atoms with E-state index >= 15 is 0 Å². The Morgan fingerprint density at radius 1 is 1.26 bits per heavy atom. The van der Waals surface area contributed by atoms with Crippen LogP contribution in [0.5, 0.6) is 5.75 Å². The standard InChI is InChI=1S/C15H17IO3/c16-10-1-2-12(14(17)18)13(9-10)19-11-3-5-15(6-4-11)7-8-15/h1-2,9,11H,3-8H2,(H,17,18). The van der Waals surface area contributed by atoms with Gasteiger partial charge in [-0.3, -0.25) is 0 Å². The van der Waals surface area contributed by atoms with Crippen LogP contribution in [0.1, 0.15) is 48.9 Å². The average molecular weight is 372 g/mol. The summed E-state index contributed by atoms with van der Waals surface area (Å²) in [6, 6.07) is 5.26. The third kappa shape index (κ3) is 2.88. The summed E-state index contributed by atoms with van der Waals surface area (Å²) >= 11 is 2.18. The summed E-state index contributed by atoms with van der Waals surface area (Å²) in [6.45, 7) is 0. The Balaban J connectivity index is 1.72. The van der Waals surface area contributed by atoms with Crippen LogP contribution >= 0.6 is 22.6 Å². The van der Waals surface area contributed by atoms with Gasteiger partial charge in [0.2, 0.25) is 0 Å². The van der Waals surface area contributed by atoms with Crippen LogP contribution < -0.4 is 4.74 Å². The monoisotopic (exact) mass is 372 g/mol. The third-order valence-corrected chi connectivity index (χ3v) is 5.09. The Labute approximate surface area is 126 Å². The summed E-state index contributed by atoms with van der Waals surface area (Å²) in [5, 5.41) is 9.20. The molecule has 1 spiro atoms. The molecule has 0 saturated heterocycles. The highest BCUT2D eigenvalue weighted by Gasteiger charge is 2.45. The number of rotatable bonds is 3. The second-order valence-corrected chi connectivity index (χ2v) is 7.01. The van der Waals surface area contributed by atoms with Crippen LogP contribution in [0.3, 0.4) is 0 Å². The number of carboxylic acids is 1. The van der Waals surface area contributed by atoms with Gasteiger partial charge < -0.3 is 9.84 Å². The van der Waals surface area contributed by atoms with E-state index in [4.69, 9.17) is 4.74 Å². The minimum atomic E-state index is -0.916. The molecule has 19 heavy (non-hydrogen) atoms. The fourth-order valence-electron chi connectivity index (χ4n) is 2.95. The quantitative estimate of drug-likeness (QED) is 0.813. The van der Waals surface area contributed by atoms with E-state index in [1.54, 1.807) is 12.1 Å². The van der Waals surface area contributed by atoms with Crippen LogP contribution in [0.25, 0.3) is 0 Å². The van der Waals surface area contributed by atoms with Gasteiger partial charge in [0.05, 0.1) is 6.10 Å². The highest BCUT2D eigenvalue weighted by Crippen LogP contribution is 2.56. The van der Waals surface area contributed by atoms with Crippen LogP contribution in [0.2, 0.25) is 0 Å². The molecule has 0 unspecified atom stereocenters. The van der Waals surface area contributed by atoms with Crippen molar-refractivity contribution < 1.29 is 14.6 Å². The van der Waals surface area contributed by atoms with Crippen LogP contribution in [0, 0.1) is 8.99 Å². The van der Waals surface area contributed by atoms with Crippen molar-refractivity contribution in [3.63, 3.8) is 0 Å². The molecule has 1 aromatic carbocycles. The number of carbonyl (C=O) groups is 1. The minimum Gasteiger partial charge on any atom is -0.489 e. The first kappa shape index (κ1) is 13.2. The zero-order valence-electron chi connectivity index (χ0n) is 10.7. The highest BCUT2D eigenvalue weighted by atomic mass is 127. The summed E-state index contributed by atoms with van der Waals surface area (Å²) in [5.74, 6) is -0.392. The van der Waals surface area contributed by atoms with Crippen molar-refractivity contribution in [2.24, 2.45) is 5.41 Å². The van der Waals surface area contributed by atoms with E-state index in [0.717, 1.165) is 16.4 Å². The van der Waals surface area contributed by atoms with Crippen molar-refractivity contribution in [1.29, 1.82) is 0 Å². The topological polar surface area (TPSA) is 46.5 Å². The van der Waals surface area contributed by atoms with Gasteiger partial charge in [-0.05, 0) is 84.7 Å². The van der Waals surface area contributed by atoms with E-state index in [1.165, 1.54) is 25.7 Å². The van der Waals surface area contributed by atoms with Gasteiger partial charge in [0.15, 0.2) is 0 Å². The lowest BCUT2D eigenvalue weighted by atomic mass is 9.85. The van der Waals surface area contributed by atoms with Gasteiger partial charge in [0.25, 0.3) is 0 Å². The Bertz CT molecular complexity index is 498. The Morgan fingerprint density at radius 3 is 2.53 bits per heavy atom. The fourth-order valence-corrected chi connectivity index (χ4v) is 3.41. The van der Waals surface area contributed by atoms with Crippen molar-refractivity contribution in [3.05, 3.63) is 27.3 Å². The predicted octanol–water partition coefficient (Wildman–Crippen LogP) is 4.09. The molecule has 3 nitrogen and oxygen atoms in total. The van der Waals surface area contributed by atoms with Gasteiger partial charge in [0.1, 0.15) is 11.3 Å². The lowest BCUT2D eigenvalue weighted by Gasteiger charge is -2.29. The zero-order chi connectivity index (χ0) is 13.5. The van der Waals surface area contributed by atoms with E-state index in [9.17, 15) is 9.90 Å². The summed E-state index contributed by atoms with van der Waals surface area (Å²) in [4.78, 5) is 11.2. The first-order valence-electron chi connectivity index (χ1n) is 6.78. The molecule has 102 valence electrons. The molecule has 4 heteroatoms. The van der Waals surface area contributed by atoms with Gasteiger partial charge in [-0.25, -0.2) is 4.79 Å². The lowest BCUT2D eigenvalue weighted by Crippen LogP contribution is -2.25. The third-order valence-electron chi connectivity index (χ3n) is 4.42. The second kappa shape index (κ2) is 4.96. The number of halogens is 1. The van der Waals surface area contributed by atoms with E-state index in [-0.39, 0.29) is 11.7 Å². The SMILES string of the molecule is O=C(O)c1ccc(I)cc1OC1CCC2(CC1)CC2. The molecular formula is C15H17IO3.